The normalized spacial score (nSPS) is 20.6. The molecule has 0 aliphatic carbocycles. The molecule has 0 radical (unpaired) electrons. The van der Waals surface area contributed by atoms with Crippen molar-refractivity contribution in [3.8, 4) is 0 Å². The summed E-state index contributed by atoms with van der Waals surface area (Å²) >= 11 is 14.0. The Morgan fingerprint density at radius 2 is 2.13 bits per heavy atom. The van der Waals surface area contributed by atoms with Crippen LogP contribution in [-0.4, -0.2) is 83.8 Å². The maximum Gasteiger partial charge on any atom is 0.347 e. The molecule has 14 heteroatoms. The molecule has 2 aliphatic rings. The van der Waals surface area contributed by atoms with Crippen molar-refractivity contribution in [3.63, 3.8) is 0 Å². The van der Waals surface area contributed by atoms with Crippen molar-refractivity contribution < 1.29 is 33.7 Å². The fraction of sp³-hybridized carbons (Fsp3) is 0.400. The average Bonchev–Trinajstić information content (AvgIpc) is 3.44. The quantitative estimate of drug-likeness (QED) is 0.415. The molecule has 4 rings (SSSR count). The number of hydrogen-bond donors (Lipinski definition) is 2. The van der Waals surface area contributed by atoms with Gasteiger partial charge in [-0.2, -0.15) is 0 Å². The minimum Gasteiger partial charge on any atom is -0.480 e. The predicted octanol–water partition coefficient (Wildman–Crippen LogP) is 3.08. The van der Waals surface area contributed by atoms with Gasteiger partial charge in [-0.05, 0) is 26.0 Å². The molecule has 3 heterocycles. The SMILES string of the molecule is CCOC(=O)C(C)OC(=O)C1=C(CN2CCOCC2C(=O)O)NC(c2nccs2)=NC1c1ccc(Cl)cc1Cl. The number of aliphatic carboxylic acids is 1. The summed E-state index contributed by atoms with van der Waals surface area (Å²) in [5, 5.41) is 15.9. The molecule has 1 aromatic heterocycles. The minimum absolute atomic E-state index is 0.0118. The molecule has 2 aliphatic heterocycles. The van der Waals surface area contributed by atoms with Gasteiger partial charge in [0, 0.05) is 46.0 Å². The number of morpholine rings is 1. The smallest absolute Gasteiger partial charge is 0.347 e. The zero-order chi connectivity index (χ0) is 28.1. The van der Waals surface area contributed by atoms with Crippen LogP contribution in [-0.2, 0) is 28.6 Å². The van der Waals surface area contributed by atoms with Crippen molar-refractivity contribution in [2.45, 2.75) is 32.0 Å². The number of carboxylic acids is 1. The van der Waals surface area contributed by atoms with Crippen LogP contribution in [0.25, 0.3) is 0 Å². The minimum atomic E-state index is -1.20. The van der Waals surface area contributed by atoms with Gasteiger partial charge in [-0.1, -0.05) is 29.3 Å². The van der Waals surface area contributed by atoms with E-state index in [0.29, 0.717) is 40.3 Å². The number of carbonyl (C=O) groups excluding carboxylic acids is 2. The second kappa shape index (κ2) is 12.9. The van der Waals surface area contributed by atoms with Gasteiger partial charge in [0.15, 0.2) is 16.9 Å². The lowest BCUT2D eigenvalue weighted by Crippen LogP contribution is -2.52. The first-order valence-electron chi connectivity index (χ1n) is 12.0. The molecule has 208 valence electrons. The first-order valence-corrected chi connectivity index (χ1v) is 13.7. The van der Waals surface area contributed by atoms with Crippen LogP contribution < -0.4 is 5.32 Å². The van der Waals surface area contributed by atoms with Crippen molar-refractivity contribution in [2.75, 3.05) is 32.9 Å². The van der Waals surface area contributed by atoms with E-state index in [1.807, 2.05) is 0 Å². The number of hydrogen-bond acceptors (Lipinski definition) is 11. The highest BCUT2D eigenvalue weighted by Crippen LogP contribution is 2.38. The maximum absolute atomic E-state index is 13.7. The molecule has 0 bridgehead atoms. The molecule has 3 unspecified atom stereocenters. The standard InChI is InChI=1S/C25H26Cl2N4O7S/c1-3-37-24(34)13(2)38-25(35)19-17(11-31-7-8-36-12-18(31)23(32)33)29-21(22-28-6-9-39-22)30-20(19)15-5-4-14(26)10-16(15)27/h4-6,9-10,13,18,20H,3,7-8,11-12H2,1-2H3,(H,29,30)(H,32,33). The number of ether oxygens (including phenoxy) is 3. The Bertz CT molecular complexity index is 1300. The molecule has 39 heavy (non-hydrogen) atoms. The third-order valence-corrected chi connectivity index (χ3v) is 7.37. The Kier molecular flexibility index (Phi) is 9.57. The van der Waals surface area contributed by atoms with Gasteiger partial charge in [-0.25, -0.2) is 14.6 Å². The summed E-state index contributed by atoms with van der Waals surface area (Å²) in [6.07, 6.45) is 0.414. The van der Waals surface area contributed by atoms with Crippen molar-refractivity contribution in [2.24, 2.45) is 4.99 Å². The Labute approximate surface area is 238 Å². The zero-order valence-electron chi connectivity index (χ0n) is 21.1. The molecule has 1 fully saturated rings. The molecule has 0 amide bonds. The summed E-state index contributed by atoms with van der Waals surface area (Å²) in [5.74, 6) is -2.23. The zero-order valence-corrected chi connectivity index (χ0v) is 23.4. The highest BCUT2D eigenvalue weighted by Gasteiger charge is 2.38. The highest BCUT2D eigenvalue weighted by molar-refractivity contribution is 7.11. The molecule has 2 N–H and O–H groups in total. The van der Waals surface area contributed by atoms with Gasteiger partial charge in [0.1, 0.15) is 12.1 Å². The molecular formula is C25H26Cl2N4O7S. The predicted molar refractivity (Wildman–Crippen MR) is 144 cm³/mol. The molecule has 3 atom stereocenters. The first kappa shape index (κ1) is 29.0. The van der Waals surface area contributed by atoms with Crippen molar-refractivity contribution >= 4 is 58.3 Å². The molecule has 0 saturated carbocycles. The van der Waals surface area contributed by atoms with Gasteiger partial charge < -0.3 is 24.6 Å². The second-order valence-electron chi connectivity index (χ2n) is 8.60. The van der Waals surface area contributed by atoms with E-state index < -0.39 is 36.1 Å². The lowest BCUT2D eigenvalue weighted by molar-refractivity contribution is -0.164. The summed E-state index contributed by atoms with van der Waals surface area (Å²) in [6.45, 7) is 3.80. The van der Waals surface area contributed by atoms with Crippen LogP contribution in [0.3, 0.4) is 0 Å². The summed E-state index contributed by atoms with van der Waals surface area (Å²) in [6, 6.07) is 2.89. The summed E-state index contributed by atoms with van der Waals surface area (Å²) < 4.78 is 15.9. The number of nitrogens with zero attached hydrogens (tertiary/aromatic N) is 3. The van der Waals surface area contributed by atoms with E-state index in [9.17, 15) is 19.5 Å². The number of aliphatic imine (C=N–C) groups is 1. The Hall–Kier alpha value is -3.03. The number of carboxylic acid groups (broad SMARTS) is 1. The monoisotopic (exact) mass is 596 g/mol. The van der Waals surface area contributed by atoms with Crippen molar-refractivity contribution in [3.05, 3.63) is 61.7 Å². The highest BCUT2D eigenvalue weighted by atomic mass is 35.5. The average molecular weight is 597 g/mol. The number of thiazole rings is 1. The molecule has 11 nitrogen and oxygen atoms in total. The molecule has 1 aromatic carbocycles. The summed E-state index contributed by atoms with van der Waals surface area (Å²) in [7, 11) is 0. The molecular weight excluding hydrogens is 571 g/mol. The summed E-state index contributed by atoms with van der Waals surface area (Å²) in [5.41, 5.74) is 0.855. The number of aromatic nitrogens is 1. The van der Waals surface area contributed by atoms with E-state index >= 15 is 0 Å². The number of nitrogens with one attached hydrogen (secondary N) is 1. The number of amidine groups is 1. The van der Waals surface area contributed by atoms with Gasteiger partial charge in [0.05, 0.1) is 25.4 Å². The third-order valence-electron chi connectivity index (χ3n) is 6.03. The lowest BCUT2D eigenvalue weighted by atomic mass is 9.95. The van der Waals surface area contributed by atoms with Crippen molar-refractivity contribution in [1.82, 2.24) is 15.2 Å². The Morgan fingerprint density at radius 1 is 1.33 bits per heavy atom. The molecule has 1 saturated heterocycles. The number of halogens is 2. The van der Waals surface area contributed by atoms with Crippen LogP contribution in [0.5, 0.6) is 0 Å². The van der Waals surface area contributed by atoms with Crippen LogP contribution in [0.15, 0.2) is 46.0 Å². The number of esters is 2. The number of benzene rings is 1. The third kappa shape index (κ3) is 6.76. The van der Waals surface area contributed by atoms with E-state index in [2.05, 4.69) is 10.3 Å². The van der Waals surface area contributed by atoms with Crippen LogP contribution in [0.1, 0.15) is 30.5 Å². The fourth-order valence-corrected chi connectivity index (χ4v) is 5.25. The van der Waals surface area contributed by atoms with Gasteiger partial charge in [0.2, 0.25) is 0 Å². The molecule has 2 aromatic rings. The van der Waals surface area contributed by atoms with Gasteiger partial charge in [0.25, 0.3) is 0 Å². The lowest BCUT2D eigenvalue weighted by Gasteiger charge is -2.35. The topological polar surface area (TPSA) is 140 Å². The first-order chi connectivity index (χ1) is 18.7. The number of carbonyl (C=O) groups is 3. The van der Waals surface area contributed by atoms with Crippen LogP contribution >= 0.6 is 34.5 Å². The maximum atomic E-state index is 13.7. The van der Waals surface area contributed by atoms with Crippen LogP contribution in [0.4, 0.5) is 0 Å². The van der Waals surface area contributed by atoms with Crippen LogP contribution in [0, 0.1) is 0 Å². The number of rotatable bonds is 9. The van der Waals surface area contributed by atoms with Gasteiger partial charge in [-0.3, -0.25) is 14.7 Å². The van der Waals surface area contributed by atoms with E-state index in [-0.39, 0.29) is 30.4 Å². The Balaban J connectivity index is 1.82. The fourth-order valence-electron chi connectivity index (χ4n) is 4.15. The summed E-state index contributed by atoms with van der Waals surface area (Å²) in [4.78, 5) is 48.7. The van der Waals surface area contributed by atoms with E-state index in [1.165, 1.54) is 24.3 Å². The van der Waals surface area contributed by atoms with Crippen molar-refractivity contribution in [1.29, 1.82) is 0 Å². The van der Waals surface area contributed by atoms with E-state index in [0.717, 1.165) is 0 Å². The van der Waals surface area contributed by atoms with Crippen LogP contribution in [0.2, 0.25) is 10.0 Å². The Morgan fingerprint density at radius 3 is 2.79 bits per heavy atom. The largest absolute Gasteiger partial charge is 0.480 e. The van der Waals surface area contributed by atoms with Gasteiger partial charge >= 0.3 is 17.9 Å². The van der Waals surface area contributed by atoms with Gasteiger partial charge in [-0.15, -0.1) is 11.3 Å². The van der Waals surface area contributed by atoms with E-state index in [4.69, 9.17) is 42.4 Å². The van der Waals surface area contributed by atoms with E-state index in [1.54, 1.807) is 35.5 Å². The molecule has 0 spiro atoms. The second-order valence-corrected chi connectivity index (χ2v) is 10.3.